The van der Waals surface area contributed by atoms with Crippen molar-refractivity contribution in [2.45, 2.75) is 6.92 Å². The van der Waals surface area contributed by atoms with Gasteiger partial charge in [0.1, 0.15) is 0 Å². The first kappa shape index (κ1) is 4.61. The minimum absolute atomic E-state index is 0.797. The zero-order valence-corrected chi connectivity index (χ0v) is 5.87. The van der Waals surface area contributed by atoms with Gasteiger partial charge in [-0.2, -0.15) is 0 Å². The molecule has 0 aliphatic rings. The van der Waals surface area contributed by atoms with Gasteiger partial charge in [-0.25, -0.2) is 0 Å². The van der Waals surface area contributed by atoms with Crippen LogP contribution in [0, 0.1) is 6.58 Å². The molecule has 0 nitrogen and oxygen atoms in total. The molecule has 0 saturated heterocycles. The predicted octanol–water partition coefficient (Wildman–Crippen LogP) is 0.369. The Labute approximate surface area is 41.5 Å². The second-order valence-corrected chi connectivity index (χ2v) is 3.15. The van der Waals surface area contributed by atoms with Crippen LogP contribution in [0.15, 0.2) is 3.33 Å². The second kappa shape index (κ2) is 1.89. The van der Waals surface area contributed by atoms with E-state index in [1.807, 2.05) is 6.92 Å². The molecule has 0 aliphatic heterocycles. The number of hydrogen-bond acceptors (Lipinski definition) is 0. The first-order chi connectivity index (χ1) is 1.73. The number of rotatable bonds is 0. The molecule has 0 aliphatic carbocycles. The van der Waals surface area contributed by atoms with Gasteiger partial charge in [-0.1, -0.05) is 0 Å². The Bertz CT molecular complexity index is 26.3. The van der Waals surface area contributed by atoms with Crippen LogP contribution in [0.4, 0.5) is 0 Å². The average molecular weight is 154 g/mol. The number of allylic oxidation sites excluding steroid dienone is 1. The monoisotopic (exact) mass is 154 g/mol. The van der Waals surface area contributed by atoms with E-state index in [0.29, 0.717) is 0 Å². The molecule has 0 N–H and O–H groups in total. The Kier molecular flexibility index (Phi) is 2.17. The van der Waals surface area contributed by atoms with Crippen LogP contribution in [-0.2, 0) is 0 Å². The summed E-state index contributed by atoms with van der Waals surface area (Å²) in [5, 5.41) is 0. The van der Waals surface area contributed by atoms with E-state index < -0.39 is 0 Å². The summed E-state index contributed by atoms with van der Waals surface area (Å²) in [4.78, 5) is 0. The normalized spacial score (nSPS) is 6.25. The molecule has 0 atom stereocenters. The van der Waals surface area contributed by atoms with Gasteiger partial charge in [0.2, 0.25) is 0 Å². The summed E-state index contributed by atoms with van der Waals surface area (Å²) in [5.41, 5.74) is 0. The number of hydrogen-bond donors (Lipinski definition) is 0. The van der Waals surface area contributed by atoms with Crippen molar-refractivity contribution >= 4 is 24.4 Å². The fraction of sp³-hybridized carbons (Fsp3) is 0.333. The molecule has 0 fully saturated rings. The Morgan fingerprint density at radius 2 is 2.00 bits per heavy atom. The van der Waals surface area contributed by atoms with Crippen molar-refractivity contribution in [1.82, 2.24) is 0 Å². The maximum absolute atomic E-state index is 6.56. The quantitative estimate of drug-likeness (QED) is 0.472. The summed E-state index contributed by atoms with van der Waals surface area (Å²) in [7, 11) is 0. The van der Waals surface area contributed by atoms with Gasteiger partial charge in [-0.15, -0.1) is 0 Å². The molecule has 0 bridgehead atoms. The average Bonchev–Trinajstić information content (AvgIpc) is 0.811. The summed E-state index contributed by atoms with van der Waals surface area (Å²) in [5.74, 6) is 0. The molecule has 18 valence electrons. The van der Waals surface area contributed by atoms with Crippen molar-refractivity contribution in [2.75, 3.05) is 0 Å². The van der Waals surface area contributed by atoms with E-state index in [-0.39, 0.29) is 0 Å². The van der Waals surface area contributed by atoms with E-state index in [4.69, 9.17) is 6.58 Å². The first-order valence-corrected chi connectivity index (χ1v) is 2.69. The van der Waals surface area contributed by atoms with Gasteiger partial charge in [0.05, 0.1) is 0 Å². The third kappa shape index (κ3) is 18.2. The minimum atomic E-state index is 0.797. The molecule has 0 rings (SSSR count). The zero-order chi connectivity index (χ0) is 3.58. The first-order valence-electron chi connectivity index (χ1n) is 1.04. The van der Waals surface area contributed by atoms with Crippen LogP contribution in [0.1, 0.15) is 6.92 Å². The molecule has 0 aromatic carbocycles. The Balaban J connectivity index is 2.80. The van der Waals surface area contributed by atoms with E-state index in [9.17, 15) is 0 Å². The van der Waals surface area contributed by atoms with E-state index in [1.165, 1.54) is 0 Å². The summed E-state index contributed by atoms with van der Waals surface area (Å²) >= 11 is 0.984. The molecular weight excluding hydrogens is 151 g/mol. The Hall–Kier alpha value is 0.610. The summed E-state index contributed by atoms with van der Waals surface area (Å²) in [6.45, 7) is 8.37. The van der Waals surface area contributed by atoms with E-state index >= 15 is 0 Å². The van der Waals surface area contributed by atoms with Crippen molar-refractivity contribution in [2.24, 2.45) is 0 Å². The second-order valence-electron chi connectivity index (χ2n) is 0.683. The van der Waals surface area contributed by atoms with Gasteiger partial charge in [0.25, 0.3) is 0 Å². The molecule has 0 saturated carbocycles. The van der Waals surface area contributed by atoms with Crippen LogP contribution in [-0.4, -0.2) is 24.4 Å². The zero-order valence-electron chi connectivity index (χ0n) is 2.58. The van der Waals surface area contributed by atoms with Gasteiger partial charge >= 0.3 is 41.2 Å². The molecule has 0 amide bonds. The molecule has 0 aromatic rings. The molecule has 0 heterocycles. The van der Waals surface area contributed by atoms with E-state index in [0.717, 1.165) is 27.7 Å². The van der Waals surface area contributed by atoms with Gasteiger partial charge in [0.15, 0.2) is 0 Å². The van der Waals surface area contributed by atoms with Crippen LogP contribution < -0.4 is 0 Å². The molecule has 0 aromatic heterocycles. The third-order valence-electron chi connectivity index (χ3n) is 0. The van der Waals surface area contributed by atoms with Crippen molar-refractivity contribution in [3.63, 3.8) is 0 Å². The SMILES string of the molecule is [C]=[C](C)[In]. The molecule has 4 heavy (non-hydrogen) atoms. The van der Waals surface area contributed by atoms with Crippen LogP contribution in [0.2, 0.25) is 0 Å². The summed E-state index contributed by atoms with van der Waals surface area (Å²) < 4.78 is 0.797. The van der Waals surface area contributed by atoms with Crippen molar-refractivity contribution in [1.29, 1.82) is 0 Å². The fourth-order valence-electron chi connectivity index (χ4n) is 0. The van der Waals surface area contributed by atoms with Gasteiger partial charge in [0, 0.05) is 0 Å². The van der Waals surface area contributed by atoms with E-state index in [1.54, 1.807) is 0 Å². The van der Waals surface area contributed by atoms with Gasteiger partial charge in [-0.05, 0) is 0 Å². The molecule has 4 radical (unpaired) electrons. The van der Waals surface area contributed by atoms with Crippen molar-refractivity contribution in [3.05, 3.63) is 9.91 Å². The maximum atomic E-state index is 6.56. The molecule has 0 unspecified atom stereocenters. The van der Waals surface area contributed by atoms with Crippen molar-refractivity contribution < 1.29 is 0 Å². The summed E-state index contributed by atoms with van der Waals surface area (Å²) in [6.07, 6.45) is 0. The van der Waals surface area contributed by atoms with Gasteiger partial charge < -0.3 is 0 Å². The molecule has 0 spiro atoms. The Morgan fingerprint density at radius 3 is 2.00 bits per heavy atom. The summed E-state index contributed by atoms with van der Waals surface area (Å²) in [6, 6.07) is 0. The van der Waals surface area contributed by atoms with Crippen LogP contribution in [0.3, 0.4) is 0 Å². The van der Waals surface area contributed by atoms with Gasteiger partial charge in [-0.3, -0.25) is 0 Å². The third-order valence-corrected chi connectivity index (χ3v) is 0. The Morgan fingerprint density at radius 1 is 2.00 bits per heavy atom. The van der Waals surface area contributed by atoms with E-state index in [2.05, 4.69) is 0 Å². The van der Waals surface area contributed by atoms with Crippen LogP contribution >= 0.6 is 0 Å². The fourth-order valence-corrected chi connectivity index (χ4v) is 0. The van der Waals surface area contributed by atoms with Crippen molar-refractivity contribution in [3.8, 4) is 0 Å². The van der Waals surface area contributed by atoms with Crippen LogP contribution in [0.5, 0.6) is 0 Å². The molecule has 1 heteroatoms. The molecular formula is C3H3In. The topological polar surface area (TPSA) is 0 Å². The standard InChI is InChI=1S/C3H3.In/c1-3-2;/h1H3;. The van der Waals surface area contributed by atoms with Crippen LogP contribution in [0.25, 0.3) is 0 Å². The predicted molar refractivity (Wildman–Crippen MR) is 18.2 cm³/mol.